The minimum atomic E-state index is -0.399. The molecule has 0 fully saturated rings. The van der Waals surface area contributed by atoms with Crippen LogP contribution in [-0.4, -0.2) is 20.0 Å². The Kier molecular flexibility index (Phi) is 5.22. The lowest BCUT2D eigenvalue weighted by Crippen LogP contribution is -2.00. The van der Waals surface area contributed by atoms with E-state index in [1.165, 1.54) is 22.8 Å². The molecular weight excluding hydrogens is 472 g/mol. The maximum atomic E-state index is 11.8. The Bertz CT molecular complexity index is 1970. The number of hydrogen-bond acceptors (Lipinski definition) is 4. The molecule has 0 atom stereocenters. The molecule has 1 N–H and O–H groups in total. The van der Waals surface area contributed by atoms with E-state index < -0.39 is 5.63 Å². The van der Waals surface area contributed by atoms with Crippen LogP contribution < -0.4 is 5.63 Å². The Balaban J connectivity index is 1.20. The highest BCUT2D eigenvalue weighted by atomic mass is 16.4. The van der Waals surface area contributed by atoms with Gasteiger partial charge in [-0.1, -0.05) is 90.1 Å². The zero-order valence-electron chi connectivity index (χ0n) is 20.3. The quantitative estimate of drug-likeness (QED) is 0.268. The number of para-hydroxylation sites is 2. The first-order valence-electron chi connectivity index (χ1n) is 12.4. The molecular formula is C32H22N4O2. The number of benzene rings is 4. The van der Waals surface area contributed by atoms with Crippen molar-refractivity contribution in [2.45, 2.75) is 6.42 Å². The van der Waals surface area contributed by atoms with Crippen LogP contribution in [0.2, 0.25) is 0 Å². The number of nitrogens with zero attached hydrogens (tertiary/aromatic N) is 3. The summed E-state index contributed by atoms with van der Waals surface area (Å²) in [5, 5.41) is 10.7. The molecule has 3 heterocycles. The predicted molar refractivity (Wildman–Crippen MR) is 149 cm³/mol. The average Bonchev–Trinajstić information content (AvgIpc) is 3.61. The van der Waals surface area contributed by atoms with Crippen LogP contribution in [0.25, 0.3) is 49.9 Å². The van der Waals surface area contributed by atoms with Gasteiger partial charge in [0.15, 0.2) is 5.58 Å². The zero-order valence-corrected chi connectivity index (χ0v) is 20.3. The predicted octanol–water partition coefficient (Wildman–Crippen LogP) is 6.78. The van der Waals surface area contributed by atoms with E-state index in [1.807, 2.05) is 42.6 Å². The number of rotatable bonds is 5. The van der Waals surface area contributed by atoms with Crippen molar-refractivity contribution in [3.63, 3.8) is 0 Å². The number of nitrogens with one attached hydrogen (secondary N) is 1. The second kappa shape index (κ2) is 9.01. The molecule has 0 saturated carbocycles. The van der Waals surface area contributed by atoms with Gasteiger partial charge in [-0.25, -0.2) is 9.48 Å². The molecule has 7 aromatic rings. The van der Waals surface area contributed by atoms with Crippen LogP contribution in [0.1, 0.15) is 11.3 Å². The fraction of sp³-hybridized carbons (Fsp3) is 0.0312. The molecule has 0 aliphatic rings. The number of aromatic amines is 1. The largest absolute Gasteiger partial charge is 0.420 e. The molecule has 0 spiro atoms. The lowest BCUT2D eigenvalue weighted by Gasteiger charge is -2.04. The van der Waals surface area contributed by atoms with E-state index in [9.17, 15) is 4.79 Å². The van der Waals surface area contributed by atoms with E-state index in [0.29, 0.717) is 11.3 Å². The maximum absolute atomic E-state index is 11.8. The third-order valence-electron chi connectivity index (χ3n) is 6.81. The second-order valence-corrected chi connectivity index (χ2v) is 9.30. The third kappa shape index (κ3) is 3.98. The first kappa shape index (κ1) is 22.0. The maximum Gasteiger partial charge on any atom is 0.336 e. The summed E-state index contributed by atoms with van der Waals surface area (Å²) in [7, 11) is 0. The van der Waals surface area contributed by atoms with Gasteiger partial charge in [0, 0.05) is 34.5 Å². The van der Waals surface area contributed by atoms with Crippen LogP contribution >= 0.6 is 0 Å². The molecule has 0 unspecified atom stereocenters. The molecule has 0 saturated heterocycles. The summed E-state index contributed by atoms with van der Waals surface area (Å²) in [5.74, 6) is 0. The van der Waals surface area contributed by atoms with Crippen LogP contribution in [0.3, 0.4) is 0 Å². The molecule has 6 nitrogen and oxygen atoms in total. The Morgan fingerprint density at radius 1 is 0.763 bits per heavy atom. The van der Waals surface area contributed by atoms with Crippen molar-refractivity contribution in [2.75, 3.05) is 0 Å². The van der Waals surface area contributed by atoms with Gasteiger partial charge in [-0.3, -0.25) is 0 Å². The van der Waals surface area contributed by atoms with E-state index in [4.69, 9.17) is 4.42 Å². The van der Waals surface area contributed by atoms with Crippen LogP contribution in [0.15, 0.2) is 125 Å². The smallest absolute Gasteiger partial charge is 0.336 e. The zero-order chi connectivity index (χ0) is 25.5. The van der Waals surface area contributed by atoms with Gasteiger partial charge >= 0.3 is 5.63 Å². The van der Waals surface area contributed by atoms with Gasteiger partial charge in [-0.2, -0.15) is 0 Å². The van der Waals surface area contributed by atoms with Gasteiger partial charge < -0.3 is 9.40 Å². The van der Waals surface area contributed by atoms with Gasteiger partial charge in [0.25, 0.3) is 0 Å². The molecule has 7 rings (SSSR count). The second-order valence-electron chi connectivity index (χ2n) is 9.30. The van der Waals surface area contributed by atoms with Gasteiger partial charge in [0.2, 0.25) is 0 Å². The Morgan fingerprint density at radius 2 is 1.55 bits per heavy atom. The first-order valence-corrected chi connectivity index (χ1v) is 12.4. The van der Waals surface area contributed by atoms with Crippen LogP contribution in [0.5, 0.6) is 0 Å². The first-order chi connectivity index (χ1) is 18.7. The highest BCUT2D eigenvalue weighted by Gasteiger charge is 2.14. The fourth-order valence-electron chi connectivity index (χ4n) is 4.95. The molecule has 0 radical (unpaired) electrons. The summed E-state index contributed by atoms with van der Waals surface area (Å²) in [4.78, 5) is 15.4. The molecule has 0 aliphatic heterocycles. The molecule has 182 valence electrons. The van der Waals surface area contributed by atoms with Gasteiger partial charge in [0.05, 0.1) is 11.7 Å². The van der Waals surface area contributed by atoms with E-state index in [-0.39, 0.29) is 0 Å². The fourth-order valence-corrected chi connectivity index (χ4v) is 4.95. The summed E-state index contributed by atoms with van der Waals surface area (Å²) < 4.78 is 7.12. The summed E-state index contributed by atoms with van der Waals surface area (Å²) in [6, 6.07) is 36.3. The van der Waals surface area contributed by atoms with Crippen molar-refractivity contribution in [2.24, 2.45) is 0 Å². The lowest BCUT2D eigenvalue weighted by molar-refractivity contribution is 0.557. The Hall–Kier alpha value is -5.23. The monoisotopic (exact) mass is 494 g/mol. The van der Waals surface area contributed by atoms with Gasteiger partial charge in [-0.15, -0.1) is 5.10 Å². The number of hydrogen-bond donors (Lipinski definition) is 1. The lowest BCUT2D eigenvalue weighted by atomic mass is 10.0. The number of aromatic nitrogens is 4. The summed E-state index contributed by atoms with van der Waals surface area (Å²) >= 11 is 0. The molecule has 4 aromatic carbocycles. The molecule has 38 heavy (non-hydrogen) atoms. The number of H-pyrrole nitrogens is 1. The van der Waals surface area contributed by atoms with Crippen molar-refractivity contribution in [1.29, 1.82) is 0 Å². The van der Waals surface area contributed by atoms with Crippen LogP contribution in [0.4, 0.5) is 0 Å². The van der Waals surface area contributed by atoms with Crippen LogP contribution in [-0.2, 0) is 6.42 Å². The van der Waals surface area contributed by atoms with Crippen molar-refractivity contribution < 1.29 is 4.42 Å². The Morgan fingerprint density at radius 3 is 2.42 bits per heavy atom. The van der Waals surface area contributed by atoms with Crippen molar-refractivity contribution in [3.8, 4) is 28.1 Å². The summed E-state index contributed by atoms with van der Waals surface area (Å²) in [6.45, 7) is 0. The van der Waals surface area contributed by atoms with E-state index >= 15 is 0 Å². The summed E-state index contributed by atoms with van der Waals surface area (Å²) in [5.41, 5.74) is 8.24. The normalized spacial score (nSPS) is 11.4. The minimum Gasteiger partial charge on any atom is -0.420 e. The van der Waals surface area contributed by atoms with Crippen molar-refractivity contribution in [3.05, 3.63) is 137 Å². The van der Waals surface area contributed by atoms with E-state index in [2.05, 4.69) is 76.0 Å². The number of fused-ring (bicyclic) bond motifs is 2. The highest BCUT2D eigenvalue weighted by Crippen LogP contribution is 2.30. The molecule has 6 heteroatoms. The summed E-state index contributed by atoms with van der Waals surface area (Å²) in [6.07, 6.45) is 2.66. The van der Waals surface area contributed by atoms with E-state index in [0.717, 1.165) is 39.7 Å². The van der Waals surface area contributed by atoms with Gasteiger partial charge in [0.1, 0.15) is 11.4 Å². The van der Waals surface area contributed by atoms with Crippen molar-refractivity contribution in [1.82, 2.24) is 20.0 Å². The van der Waals surface area contributed by atoms with E-state index in [1.54, 1.807) is 10.7 Å². The molecule has 3 aromatic heterocycles. The minimum absolute atomic E-state index is 0.399. The third-order valence-corrected chi connectivity index (χ3v) is 6.81. The Labute approximate surface area is 217 Å². The highest BCUT2D eigenvalue weighted by molar-refractivity contribution is 5.94. The topological polar surface area (TPSA) is 76.7 Å². The van der Waals surface area contributed by atoms with Crippen LogP contribution in [0, 0.1) is 0 Å². The molecule has 0 bridgehead atoms. The SMILES string of the molecule is O=c1ccc2cccc(-n3cc(-c4cccc5cc(Cc6ccc(-c7ccccc7)cc6)[nH]c45)nn3)c2o1. The standard InChI is InChI=1S/C32H22N4O2/c37-30-17-16-24-8-5-11-29(32(24)38-30)36-20-28(34-35-36)27-10-4-9-25-19-26(33-31(25)27)18-21-12-14-23(15-13-21)22-6-2-1-3-7-22/h1-17,19-20,33H,18H2. The average molecular weight is 495 g/mol. The van der Waals surface area contributed by atoms with Crippen molar-refractivity contribution >= 4 is 21.9 Å². The van der Waals surface area contributed by atoms with Gasteiger partial charge in [-0.05, 0) is 34.9 Å². The molecule has 0 amide bonds. The molecule has 0 aliphatic carbocycles.